The predicted molar refractivity (Wildman–Crippen MR) is 61.4 cm³/mol. The molecular formula is C12H18N2O2. The Labute approximate surface area is 95.5 Å². The summed E-state index contributed by atoms with van der Waals surface area (Å²) in [5, 5.41) is 9.03. The summed E-state index contributed by atoms with van der Waals surface area (Å²) in [5.74, 6) is 0.507. The molecule has 1 N–H and O–H groups in total. The number of rotatable bonds is 4. The lowest BCUT2D eigenvalue weighted by atomic mass is 10.1. The van der Waals surface area contributed by atoms with E-state index in [1.807, 2.05) is 29.9 Å². The van der Waals surface area contributed by atoms with Gasteiger partial charge in [0.05, 0.1) is 12.2 Å². The molecule has 1 atom stereocenters. The Balaban J connectivity index is 1.91. The van der Waals surface area contributed by atoms with Gasteiger partial charge in [-0.1, -0.05) is 0 Å². The van der Waals surface area contributed by atoms with Crippen LogP contribution in [0.15, 0.2) is 18.3 Å². The Morgan fingerprint density at radius 3 is 3.00 bits per heavy atom. The van der Waals surface area contributed by atoms with E-state index in [-0.39, 0.29) is 12.4 Å². The van der Waals surface area contributed by atoms with Crippen molar-refractivity contribution in [1.82, 2.24) is 9.47 Å². The molecule has 1 unspecified atom stereocenters. The molecule has 1 aliphatic heterocycles. The van der Waals surface area contributed by atoms with Gasteiger partial charge in [-0.25, -0.2) is 0 Å². The van der Waals surface area contributed by atoms with Crippen LogP contribution in [0.5, 0.6) is 0 Å². The second-order valence-electron chi connectivity index (χ2n) is 4.50. The van der Waals surface area contributed by atoms with Gasteiger partial charge in [0.15, 0.2) is 5.78 Å². The summed E-state index contributed by atoms with van der Waals surface area (Å²) in [6.07, 6.45) is 2.88. The average Bonchev–Trinajstić information content (AvgIpc) is 2.86. The largest absolute Gasteiger partial charge is 0.396 e. The number of nitrogens with zero attached hydrogens (tertiary/aromatic N) is 2. The van der Waals surface area contributed by atoms with Crippen LogP contribution in [-0.2, 0) is 7.05 Å². The fourth-order valence-corrected chi connectivity index (χ4v) is 2.24. The van der Waals surface area contributed by atoms with Crippen molar-refractivity contribution in [2.75, 3.05) is 26.2 Å². The summed E-state index contributed by atoms with van der Waals surface area (Å²) in [6, 6.07) is 3.73. The standard InChI is InChI=1S/C12H18N2O2/c1-13-5-2-3-11(13)12(16)8-14-6-4-10(7-14)9-15/h2-3,5,10,15H,4,6-9H2,1H3. The topological polar surface area (TPSA) is 45.5 Å². The van der Waals surface area contributed by atoms with Gasteiger partial charge in [-0.2, -0.15) is 0 Å². The first-order chi connectivity index (χ1) is 7.70. The first-order valence-electron chi connectivity index (χ1n) is 5.68. The van der Waals surface area contributed by atoms with Crippen molar-refractivity contribution in [3.8, 4) is 0 Å². The van der Waals surface area contributed by atoms with Crippen molar-refractivity contribution < 1.29 is 9.90 Å². The van der Waals surface area contributed by atoms with Crippen molar-refractivity contribution in [3.63, 3.8) is 0 Å². The van der Waals surface area contributed by atoms with Crippen LogP contribution in [0.1, 0.15) is 16.9 Å². The van der Waals surface area contributed by atoms with E-state index in [9.17, 15) is 4.79 Å². The predicted octanol–water partition coefficient (Wildman–Crippen LogP) is 0.522. The van der Waals surface area contributed by atoms with E-state index < -0.39 is 0 Å². The number of aliphatic hydroxyl groups excluding tert-OH is 1. The van der Waals surface area contributed by atoms with E-state index in [0.29, 0.717) is 12.5 Å². The summed E-state index contributed by atoms with van der Waals surface area (Å²) < 4.78 is 1.85. The van der Waals surface area contributed by atoms with Crippen molar-refractivity contribution >= 4 is 5.78 Å². The molecule has 4 heteroatoms. The highest BCUT2D eigenvalue weighted by atomic mass is 16.3. The maximum absolute atomic E-state index is 12.0. The molecule has 1 aliphatic rings. The van der Waals surface area contributed by atoms with Gasteiger partial charge in [0.2, 0.25) is 0 Å². The molecule has 2 rings (SSSR count). The third-order valence-electron chi connectivity index (χ3n) is 3.22. The zero-order chi connectivity index (χ0) is 11.5. The number of Topliss-reactive ketones (excluding diaryl/α,β-unsaturated/α-hetero) is 1. The Morgan fingerprint density at radius 1 is 1.62 bits per heavy atom. The highest BCUT2D eigenvalue weighted by molar-refractivity contribution is 5.96. The quantitative estimate of drug-likeness (QED) is 0.756. The number of hydrogen-bond acceptors (Lipinski definition) is 3. The summed E-state index contributed by atoms with van der Waals surface area (Å²) >= 11 is 0. The molecule has 1 aromatic rings. The van der Waals surface area contributed by atoms with Crippen LogP contribution >= 0.6 is 0 Å². The lowest BCUT2D eigenvalue weighted by Gasteiger charge is -2.14. The normalized spacial score (nSPS) is 21.5. The zero-order valence-electron chi connectivity index (χ0n) is 9.59. The molecule has 0 bridgehead atoms. The van der Waals surface area contributed by atoms with Gasteiger partial charge < -0.3 is 9.67 Å². The van der Waals surface area contributed by atoms with Crippen LogP contribution in [0, 0.1) is 5.92 Å². The molecule has 1 aromatic heterocycles. The van der Waals surface area contributed by atoms with Gasteiger partial charge in [-0.05, 0) is 31.0 Å². The third kappa shape index (κ3) is 2.33. The number of aryl methyl sites for hydroxylation is 1. The van der Waals surface area contributed by atoms with Gasteiger partial charge >= 0.3 is 0 Å². The second-order valence-corrected chi connectivity index (χ2v) is 4.50. The number of carbonyl (C=O) groups is 1. The third-order valence-corrected chi connectivity index (χ3v) is 3.22. The van der Waals surface area contributed by atoms with E-state index in [0.717, 1.165) is 25.2 Å². The number of likely N-dealkylation sites (tertiary alicyclic amines) is 1. The lowest BCUT2D eigenvalue weighted by Crippen LogP contribution is -2.29. The smallest absolute Gasteiger partial charge is 0.193 e. The van der Waals surface area contributed by atoms with Crippen LogP contribution in [0.2, 0.25) is 0 Å². The van der Waals surface area contributed by atoms with E-state index in [2.05, 4.69) is 4.90 Å². The van der Waals surface area contributed by atoms with E-state index in [1.54, 1.807) is 0 Å². The van der Waals surface area contributed by atoms with E-state index in [1.165, 1.54) is 0 Å². The van der Waals surface area contributed by atoms with E-state index >= 15 is 0 Å². The van der Waals surface area contributed by atoms with Crippen molar-refractivity contribution in [1.29, 1.82) is 0 Å². The van der Waals surface area contributed by atoms with Gasteiger partial charge in [-0.3, -0.25) is 9.69 Å². The average molecular weight is 222 g/mol. The molecule has 4 nitrogen and oxygen atoms in total. The van der Waals surface area contributed by atoms with Crippen LogP contribution in [-0.4, -0.2) is 46.6 Å². The summed E-state index contributed by atoms with van der Waals surface area (Å²) in [4.78, 5) is 14.1. The maximum atomic E-state index is 12.0. The number of aromatic nitrogens is 1. The summed E-state index contributed by atoms with van der Waals surface area (Å²) in [5.41, 5.74) is 0.757. The Hall–Kier alpha value is -1.13. The highest BCUT2D eigenvalue weighted by Gasteiger charge is 2.24. The number of ketones is 1. The summed E-state index contributed by atoms with van der Waals surface area (Å²) in [6.45, 7) is 2.46. The summed E-state index contributed by atoms with van der Waals surface area (Å²) in [7, 11) is 1.88. The van der Waals surface area contributed by atoms with Crippen LogP contribution in [0.4, 0.5) is 0 Å². The van der Waals surface area contributed by atoms with Gasteiger partial charge in [0.1, 0.15) is 0 Å². The fourth-order valence-electron chi connectivity index (χ4n) is 2.24. The minimum Gasteiger partial charge on any atom is -0.396 e. The molecule has 0 aromatic carbocycles. The van der Waals surface area contributed by atoms with Crippen molar-refractivity contribution in [3.05, 3.63) is 24.0 Å². The molecule has 88 valence electrons. The monoisotopic (exact) mass is 222 g/mol. The first-order valence-corrected chi connectivity index (χ1v) is 5.68. The van der Waals surface area contributed by atoms with Crippen LogP contribution in [0.25, 0.3) is 0 Å². The van der Waals surface area contributed by atoms with Crippen LogP contribution in [0.3, 0.4) is 0 Å². The minimum absolute atomic E-state index is 0.158. The number of carbonyl (C=O) groups excluding carboxylic acids is 1. The zero-order valence-corrected chi connectivity index (χ0v) is 9.59. The molecular weight excluding hydrogens is 204 g/mol. The number of hydrogen-bond donors (Lipinski definition) is 1. The van der Waals surface area contributed by atoms with Crippen LogP contribution < -0.4 is 0 Å². The molecule has 0 spiro atoms. The van der Waals surface area contributed by atoms with Gasteiger partial charge in [0.25, 0.3) is 0 Å². The molecule has 0 aliphatic carbocycles. The number of aliphatic hydroxyl groups is 1. The Kier molecular flexibility index (Phi) is 3.41. The second kappa shape index (κ2) is 4.80. The Morgan fingerprint density at radius 2 is 2.44 bits per heavy atom. The van der Waals surface area contributed by atoms with Crippen molar-refractivity contribution in [2.45, 2.75) is 6.42 Å². The molecule has 2 heterocycles. The molecule has 1 fully saturated rings. The molecule has 1 saturated heterocycles. The highest BCUT2D eigenvalue weighted by Crippen LogP contribution is 2.15. The lowest BCUT2D eigenvalue weighted by molar-refractivity contribution is 0.0932. The van der Waals surface area contributed by atoms with E-state index in [4.69, 9.17) is 5.11 Å². The first kappa shape index (κ1) is 11.4. The minimum atomic E-state index is 0.158. The molecule has 16 heavy (non-hydrogen) atoms. The maximum Gasteiger partial charge on any atom is 0.193 e. The Bertz CT molecular complexity index is 373. The molecule has 0 amide bonds. The van der Waals surface area contributed by atoms with Gasteiger partial charge in [0, 0.05) is 26.4 Å². The molecule has 0 radical (unpaired) electrons. The van der Waals surface area contributed by atoms with Gasteiger partial charge in [-0.15, -0.1) is 0 Å². The van der Waals surface area contributed by atoms with Crippen molar-refractivity contribution in [2.24, 2.45) is 13.0 Å². The fraction of sp³-hybridized carbons (Fsp3) is 0.583. The molecule has 0 saturated carbocycles. The SMILES string of the molecule is Cn1cccc1C(=O)CN1CCC(CO)C1.